The van der Waals surface area contributed by atoms with E-state index in [9.17, 15) is 9.59 Å². The van der Waals surface area contributed by atoms with Gasteiger partial charge < -0.3 is 21.4 Å². The van der Waals surface area contributed by atoms with Gasteiger partial charge in [0.15, 0.2) is 0 Å². The van der Waals surface area contributed by atoms with Crippen LogP contribution in [0.3, 0.4) is 0 Å². The van der Waals surface area contributed by atoms with Crippen molar-refractivity contribution in [3.8, 4) is 0 Å². The van der Waals surface area contributed by atoms with Crippen LogP contribution in [0.4, 0.5) is 5.82 Å². The predicted octanol–water partition coefficient (Wildman–Crippen LogP) is 1.66. The van der Waals surface area contributed by atoms with Crippen molar-refractivity contribution in [1.82, 2.24) is 15.3 Å². The van der Waals surface area contributed by atoms with Gasteiger partial charge in [0, 0.05) is 29.6 Å². The Morgan fingerprint density at radius 2 is 2.17 bits per heavy atom. The molecule has 1 amide bonds. The first-order valence-electron chi connectivity index (χ1n) is 6.77. The van der Waals surface area contributed by atoms with Crippen molar-refractivity contribution in [2.45, 2.75) is 20.4 Å². The van der Waals surface area contributed by atoms with Crippen molar-refractivity contribution in [2.24, 2.45) is 0 Å². The highest BCUT2D eigenvalue weighted by Gasteiger charge is 2.16. The van der Waals surface area contributed by atoms with E-state index >= 15 is 0 Å². The zero-order valence-electron chi connectivity index (χ0n) is 12.7. The molecule has 0 atom stereocenters. The SMILES string of the molecule is Cc1cc(C)c(CNC(=O)c2cc(Br)nc(N)c2C=N)c(=O)[nH]1. The van der Waals surface area contributed by atoms with Crippen LogP contribution in [0.2, 0.25) is 0 Å². The van der Waals surface area contributed by atoms with Crippen molar-refractivity contribution < 1.29 is 4.79 Å². The fraction of sp³-hybridized carbons (Fsp3) is 0.200. The molecular weight excluding hydrogens is 362 g/mol. The van der Waals surface area contributed by atoms with Gasteiger partial charge in [-0.25, -0.2) is 4.98 Å². The molecule has 120 valence electrons. The van der Waals surface area contributed by atoms with Gasteiger partial charge in [0.1, 0.15) is 10.4 Å². The molecule has 0 radical (unpaired) electrons. The van der Waals surface area contributed by atoms with Crippen molar-refractivity contribution >= 4 is 33.9 Å². The van der Waals surface area contributed by atoms with Gasteiger partial charge in [-0.05, 0) is 47.5 Å². The van der Waals surface area contributed by atoms with Crippen molar-refractivity contribution in [1.29, 1.82) is 5.41 Å². The average Bonchev–Trinajstić information content (AvgIpc) is 2.45. The number of carbonyl (C=O) groups excluding carboxylic acids is 1. The summed E-state index contributed by atoms with van der Waals surface area (Å²) in [5.74, 6) is -0.346. The summed E-state index contributed by atoms with van der Waals surface area (Å²) in [4.78, 5) is 31.0. The molecule has 0 spiro atoms. The molecule has 0 aromatic carbocycles. The summed E-state index contributed by atoms with van der Waals surface area (Å²) in [7, 11) is 0. The summed E-state index contributed by atoms with van der Waals surface area (Å²) in [5.41, 5.74) is 7.99. The zero-order valence-corrected chi connectivity index (χ0v) is 14.2. The van der Waals surface area contributed by atoms with Crippen LogP contribution in [0.15, 0.2) is 21.5 Å². The number of anilines is 1. The number of hydrogen-bond donors (Lipinski definition) is 4. The van der Waals surface area contributed by atoms with Gasteiger partial charge in [0.25, 0.3) is 11.5 Å². The second-order valence-electron chi connectivity index (χ2n) is 5.06. The lowest BCUT2D eigenvalue weighted by Crippen LogP contribution is -2.29. The number of halogens is 1. The molecule has 0 saturated carbocycles. The lowest BCUT2D eigenvalue weighted by atomic mass is 10.1. The monoisotopic (exact) mass is 377 g/mol. The molecule has 23 heavy (non-hydrogen) atoms. The molecule has 2 aromatic rings. The molecule has 2 aromatic heterocycles. The minimum atomic E-state index is -0.433. The van der Waals surface area contributed by atoms with E-state index in [0.29, 0.717) is 10.2 Å². The molecule has 2 rings (SSSR count). The van der Waals surface area contributed by atoms with Gasteiger partial charge in [-0.2, -0.15) is 0 Å². The Kier molecular flexibility index (Phi) is 4.95. The lowest BCUT2D eigenvalue weighted by Gasteiger charge is -2.11. The number of nitrogens with zero attached hydrogens (tertiary/aromatic N) is 1. The first kappa shape index (κ1) is 16.9. The third-order valence-electron chi connectivity index (χ3n) is 3.37. The molecule has 5 N–H and O–H groups in total. The highest BCUT2D eigenvalue weighted by molar-refractivity contribution is 9.10. The largest absolute Gasteiger partial charge is 0.383 e. The quantitative estimate of drug-likeness (QED) is 0.477. The van der Waals surface area contributed by atoms with E-state index in [1.54, 1.807) is 6.92 Å². The van der Waals surface area contributed by atoms with Crippen LogP contribution in [-0.4, -0.2) is 22.1 Å². The Morgan fingerprint density at radius 1 is 1.48 bits per heavy atom. The second kappa shape index (κ2) is 6.74. The second-order valence-corrected chi connectivity index (χ2v) is 5.87. The number of nitrogens with one attached hydrogen (secondary N) is 3. The normalized spacial score (nSPS) is 10.4. The van der Waals surface area contributed by atoms with Crippen molar-refractivity contribution in [2.75, 3.05) is 5.73 Å². The van der Waals surface area contributed by atoms with E-state index in [0.717, 1.165) is 17.5 Å². The molecule has 0 saturated heterocycles. The summed E-state index contributed by atoms with van der Waals surface area (Å²) in [6.07, 6.45) is 0.980. The van der Waals surface area contributed by atoms with Crippen molar-refractivity contribution in [3.63, 3.8) is 0 Å². The number of aryl methyl sites for hydroxylation is 2. The first-order valence-corrected chi connectivity index (χ1v) is 7.57. The molecule has 0 aliphatic carbocycles. The maximum atomic E-state index is 12.4. The molecule has 8 heteroatoms. The number of pyridine rings is 2. The molecule has 7 nitrogen and oxygen atoms in total. The topological polar surface area (TPSA) is 125 Å². The summed E-state index contributed by atoms with van der Waals surface area (Å²) < 4.78 is 0.398. The van der Waals surface area contributed by atoms with Crippen LogP contribution >= 0.6 is 15.9 Å². The molecule has 0 fully saturated rings. The highest BCUT2D eigenvalue weighted by Crippen LogP contribution is 2.18. The van der Waals surface area contributed by atoms with Crippen LogP contribution < -0.4 is 16.6 Å². The Bertz CT molecular complexity index is 844. The van der Waals surface area contributed by atoms with E-state index in [1.807, 2.05) is 13.0 Å². The Hall–Kier alpha value is -2.48. The smallest absolute Gasteiger partial charge is 0.253 e. The third kappa shape index (κ3) is 3.65. The van der Waals surface area contributed by atoms with Gasteiger partial charge in [0.05, 0.1) is 5.56 Å². The molecule has 0 aliphatic heterocycles. The van der Waals surface area contributed by atoms with E-state index < -0.39 is 5.91 Å². The lowest BCUT2D eigenvalue weighted by molar-refractivity contribution is 0.0950. The van der Waals surface area contributed by atoms with E-state index in [1.165, 1.54) is 6.07 Å². The van der Waals surface area contributed by atoms with Gasteiger partial charge in [-0.1, -0.05) is 0 Å². The minimum absolute atomic E-state index is 0.0809. The van der Waals surface area contributed by atoms with Crippen LogP contribution in [0.25, 0.3) is 0 Å². The number of nitrogens with two attached hydrogens (primary N) is 1. The summed E-state index contributed by atoms with van der Waals surface area (Å²) in [6, 6.07) is 3.32. The molecule has 0 aliphatic rings. The van der Waals surface area contributed by atoms with Gasteiger partial charge >= 0.3 is 0 Å². The predicted molar refractivity (Wildman–Crippen MR) is 91.9 cm³/mol. The molecule has 2 heterocycles. The number of aromatic nitrogens is 2. The fourth-order valence-corrected chi connectivity index (χ4v) is 2.67. The van der Waals surface area contributed by atoms with Gasteiger partial charge in [0.2, 0.25) is 0 Å². The number of hydrogen-bond acceptors (Lipinski definition) is 5. The number of H-pyrrole nitrogens is 1. The van der Waals surface area contributed by atoms with E-state index in [4.69, 9.17) is 11.1 Å². The standard InChI is InChI=1S/C15H16BrN5O2/c1-7-3-8(2)20-15(23)11(7)6-19-14(22)9-4-12(16)21-13(18)10(9)5-17/h3-5,17H,6H2,1-2H3,(H2,18,21)(H,19,22)(H,20,23). The van der Waals surface area contributed by atoms with Crippen LogP contribution in [0, 0.1) is 19.3 Å². The maximum absolute atomic E-state index is 12.4. The summed E-state index contributed by atoms with van der Waals surface area (Å²) in [5, 5.41) is 10.1. The molecular formula is C15H16BrN5O2. The summed E-state index contributed by atoms with van der Waals surface area (Å²) in [6.45, 7) is 3.69. The van der Waals surface area contributed by atoms with E-state index in [-0.39, 0.29) is 29.0 Å². The van der Waals surface area contributed by atoms with Crippen LogP contribution in [0.1, 0.15) is 32.7 Å². The summed E-state index contributed by atoms with van der Waals surface area (Å²) >= 11 is 3.17. The fourth-order valence-electron chi connectivity index (χ4n) is 2.25. The molecule has 0 bridgehead atoms. The Morgan fingerprint density at radius 3 is 2.78 bits per heavy atom. The molecule has 0 unspecified atom stereocenters. The number of aromatic amines is 1. The van der Waals surface area contributed by atoms with Gasteiger partial charge in [-0.3, -0.25) is 9.59 Å². The van der Waals surface area contributed by atoms with Gasteiger partial charge in [-0.15, -0.1) is 0 Å². The third-order valence-corrected chi connectivity index (χ3v) is 3.77. The highest BCUT2D eigenvalue weighted by atomic mass is 79.9. The number of carbonyl (C=O) groups is 1. The van der Waals surface area contributed by atoms with Crippen molar-refractivity contribution in [3.05, 3.63) is 55.0 Å². The Balaban J connectivity index is 2.28. The zero-order chi connectivity index (χ0) is 17.1. The average molecular weight is 378 g/mol. The maximum Gasteiger partial charge on any atom is 0.253 e. The number of amides is 1. The number of nitrogen functional groups attached to an aromatic ring is 1. The Labute approximate surface area is 141 Å². The van der Waals surface area contributed by atoms with E-state index in [2.05, 4.69) is 31.2 Å². The first-order chi connectivity index (χ1) is 10.8. The van der Waals surface area contributed by atoms with Crippen LogP contribution in [-0.2, 0) is 6.54 Å². The minimum Gasteiger partial charge on any atom is -0.383 e. The number of rotatable bonds is 4. The van der Waals surface area contributed by atoms with Crippen LogP contribution in [0.5, 0.6) is 0 Å².